The lowest BCUT2D eigenvalue weighted by Gasteiger charge is -2.37. The van der Waals surface area contributed by atoms with Crippen LogP contribution in [0.2, 0.25) is 0 Å². The summed E-state index contributed by atoms with van der Waals surface area (Å²) in [5, 5.41) is 3.28. The molecule has 1 aromatic carbocycles. The molecule has 1 aromatic rings. The van der Waals surface area contributed by atoms with Crippen LogP contribution in [0.15, 0.2) is 24.3 Å². The number of carbonyl (C=O) groups excluding carboxylic acids is 2. The van der Waals surface area contributed by atoms with Gasteiger partial charge in [-0.15, -0.1) is 0 Å². The SMILES string of the molecule is O=C1CC2(CCC3C(C(=O)NC4CCCCC4)C32)Oc2ccccc21. The van der Waals surface area contributed by atoms with Crippen molar-refractivity contribution in [2.24, 2.45) is 17.8 Å². The van der Waals surface area contributed by atoms with E-state index in [9.17, 15) is 9.59 Å². The predicted molar refractivity (Wildman–Crippen MR) is 93.5 cm³/mol. The van der Waals surface area contributed by atoms with Gasteiger partial charge in [0.15, 0.2) is 5.78 Å². The molecule has 0 bridgehead atoms. The van der Waals surface area contributed by atoms with E-state index in [1.54, 1.807) is 0 Å². The fraction of sp³-hybridized carbons (Fsp3) is 0.619. The second kappa shape index (κ2) is 5.58. The fourth-order valence-corrected chi connectivity index (χ4v) is 5.66. The van der Waals surface area contributed by atoms with Gasteiger partial charge in [0.1, 0.15) is 11.4 Å². The molecule has 0 aromatic heterocycles. The van der Waals surface area contributed by atoms with E-state index < -0.39 is 5.60 Å². The first-order chi connectivity index (χ1) is 12.2. The number of ether oxygens (including phenoxy) is 1. The lowest BCUT2D eigenvalue weighted by molar-refractivity contribution is -0.125. The molecule has 5 rings (SSSR count). The monoisotopic (exact) mass is 339 g/mol. The number of para-hydroxylation sites is 1. The van der Waals surface area contributed by atoms with Crippen molar-refractivity contribution in [3.05, 3.63) is 29.8 Å². The summed E-state index contributed by atoms with van der Waals surface area (Å²) in [4.78, 5) is 25.4. The Morgan fingerprint density at radius 3 is 2.76 bits per heavy atom. The molecule has 4 heteroatoms. The van der Waals surface area contributed by atoms with Crippen LogP contribution in [0.25, 0.3) is 0 Å². The molecule has 3 aliphatic carbocycles. The first-order valence-corrected chi connectivity index (χ1v) is 9.80. The molecule has 132 valence electrons. The number of carbonyl (C=O) groups is 2. The summed E-state index contributed by atoms with van der Waals surface area (Å²) >= 11 is 0. The van der Waals surface area contributed by atoms with Gasteiger partial charge in [-0.2, -0.15) is 0 Å². The maximum Gasteiger partial charge on any atom is 0.224 e. The summed E-state index contributed by atoms with van der Waals surface area (Å²) in [6.07, 6.45) is 8.29. The molecule has 3 fully saturated rings. The average molecular weight is 339 g/mol. The van der Waals surface area contributed by atoms with Crippen LogP contribution in [0.4, 0.5) is 0 Å². The van der Waals surface area contributed by atoms with Gasteiger partial charge in [-0.1, -0.05) is 31.4 Å². The van der Waals surface area contributed by atoms with E-state index in [1.165, 1.54) is 19.3 Å². The third kappa shape index (κ3) is 2.41. The van der Waals surface area contributed by atoms with Crippen molar-refractivity contribution in [3.8, 4) is 5.75 Å². The minimum absolute atomic E-state index is 0.0498. The van der Waals surface area contributed by atoms with Crippen LogP contribution >= 0.6 is 0 Å². The molecule has 1 amide bonds. The van der Waals surface area contributed by atoms with Crippen LogP contribution in [0.5, 0.6) is 5.75 Å². The molecule has 1 N–H and O–H groups in total. The van der Waals surface area contributed by atoms with E-state index in [2.05, 4.69) is 5.32 Å². The van der Waals surface area contributed by atoms with Gasteiger partial charge in [-0.25, -0.2) is 0 Å². The summed E-state index contributed by atoms with van der Waals surface area (Å²) in [6.45, 7) is 0. The Morgan fingerprint density at radius 2 is 1.92 bits per heavy atom. The normalized spacial score (nSPS) is 36.5. The Labute approximate surface area is 148 Å². The minimum atomic E-state index is -0.440. The number of amides is 1. The van der Waals surface area contributed by atoms with Crippen LogP contribution in [0.3, 0.4) is 0 Å². The maximum atomic E-state index is 12.8. The Kier molecular flexibility index (Phi) is 3.44. The zero-order chi connectivity index (χ0) is 17.0. The smallest absolute Gasteiger partial charge is 0.224 e. The highest BCUT2D eigenvalue weighted by molar-refractivity contribution is 6.00. The number of fused-ring (bicyclic) bond motifs is 3. The zero-order valence-corrected chi connectivity index (χ0v) is 14.5. The molecule has 4 nitrogen and oxygen atoms in total. The highest BCUT2D eigenvalue weighted by Gasteiger charge is 2.70. The van der Waals surface area contributed by atoms with Crippen molar-refractivity contribution >= 4 is 11.7 Å². The first kappa shape index (κ1) is 15.4. The lowest BCUT2D eigenvalue weighted by Crippen LogP contribution is -2.45. The van der Waals surface area contributed by atoms with E-state index in [-0.39, 0.29) is 23.5 Å². The van der Waals surface area contributed by atoms with Gasteiger partial charge in [-0.05, 0) is 43.7 Å². The van der Waals surface area contributed by atoms with Gasteiger partial charge >= 0.3 is 0 Å². The van der Waals surface area contributed by atoms with E-state index in [4.69, 9.17) is 4.74 Å². The van der Waals surface area contributed by atoms with Crippen LogP contribution < -0.4 is 10.1 Å². The number of Topliss-reactive ketones (excluding diaryl/α,β-unsaturated/α-hetero) is 1. The fourth-order valence-electron chi connectivity index (χ4n) is 5.66. The number of benzene rings is 1. The van der Waals surface area contributed by atoms with Crippen LogP contribution in [-0.2, 0) is 4.79 Å². The van der Waals surface area contributed by atoms with Crippen LogP contribution in [0, 0.1) is 17.8 Å². The molecule has 1 heterocycles. The molecule has 0 radical (unpaired) electrons. The van der Waals surface area contributed by atoms with E-state index >= 15 is 0 Å². The van der Waals surface area contributed by atoms with Crippen molar-refractivity contribution in [1.82, 2.24) is 5.32 Å². The summed E-state index contributed by atoms with van der Waals surface area (Å²) in [5.74, 6) is 1.75. The van der Waals surface area contributed by atoms with Gasteiger partial charge < -0.3 is 10.1 Å². The second-order valence-electron chi connectivity index (χ2n) is 8.36. The van der Waals surface area contributed by atoms with Crippen LogP contribution in [0.1, 0.15) is 61.7 Å². The van der Waals surface area contributed by atoms with Crippen LogP contribution in [-0.4, -0.2) is 23.3 Å². The molecule has 1 aliphatic heterocycles. The Morgan fingerprint density at radius 1 is 1.12 bits per heavy atom. The molecule has 25 heavy (non-hydrogen) atoms. The van der Waals surface area contributed by atoms with Crippen molar-refractivity contribution < 1.29 is 14.3 Å². The zero-order valence-electron chi connectivity index (χ0n) is 14.5. The predicted octanol–water partition coefficient (Wildman–Crippen LogP) is 3.50. The topological polar surface area (TPSA) is 55.4 Å². The maximum absolute atomic E-state index is 12.8. The van der Waals surface area contributed by atoms with Gasteiger partial charge in [0.05, 0.1) is 12.0 Å². The highest BCUT2D eigenvalue weighted by atomic mass is 16.5. The number of nitrogens with one attached hydrogen (secondary N) is 1. The van der Waals surface area contributed by atoms with Gasteiger partial charge in [0.2, 0.25) is 5.91 Å². The third-order valence-corrected chi connectivity index (χ3v) is 6.89. The Balaban J connectivity index is 1.33. The highest BCUT2D eigenvalue weighted by Crippen LogP contribution is 2.65. The molecular formula is C21H25NO3. The standard InChI is InChI=1S/C21H25NO3/c23-16-12-21(25-17-9-5-4-8-14(16)17)11-10-15-18(19(15)21)20(24)22-13-6-2-1-3-7-13/h4-5,8-9,13,15,18-19H,1-3,6-7,10-12H2,(H,22,24). The molecule has 4 aliphatic rings. The molecule has 4 atom stereocenters. The number of hydrogen-bond acceptors (Lipinski definition) is 3. The van der Waals surface area contributed by atoms with E-state index in [0.717, 1.165) is 25.7 Å². The van der Waals surface area contributed by atoms with E-state index in [0.29, 0.717) is 29.7 Å². The summed E-state index contributed by atoms with van der Waals surface area (Å²) in [6, 6.07) is 7.89. The Bertz CT molecular complexity index is 724. The molecule has 0 saturated heterocycles. The lowest BCUT2D eigenvalue weighted by atomic mass is 9.84. The minimum Gasteiger partial charge on any atom is -0.486 e. The molecule has 3 saturated carbocycles. The summed E-state index contributed by atoms with van der Waals surface area (Å²) in [7, 11) is 0. The van der Waals surface area contributed by atoms with Gasteiger partial charge in [0, 0.05) is 17.9 Å². The quantitative estimate of drug-likeness (QED) is 0.897. The number of rotatable bonds is 2. The summed E-state index contributed by atoms with van der Waals surface area (Å²) in [5.41, 5.74) is 0.255. The molecule has 1 spiro atoms. The third-order valence-electron chi connectivity index (χ3n) is 6.89. The number of hydrogen-bond donors (Lipinski definition) is 1. The number of ketones is 1. The average Bonchev–Trinajstić information content (AvgIpc) is 3.28. The largest absolute Gasteiger partial charge is 0.486 e. The Hall–Kier alpha value is -1.84. The van der Waals surface area contributed by atoms with E-state index in [1.807, 2.05) is 24.3 Å². The van der Waals surface area contributed by atoms with Gasteiger partial charge in [-0.3, -0.25) is 9.59 Å². The molecular weight excluding hydrogens is 314 g/mol. The summed E-state index contributed by atoms with van der Waals surface area (Å²) < 4.78 is 6.37. The van der Waals surface area contributed by atoms with Gasteiger partial charge in [0.25, 0.3) is 0 Å². The molecule has 4 unspecified atom stereocenters. The van der Waals surface area contributed by atoms with Crippen molar-refractivity contribution in [2.75, 3.05) is 0 Å². The van der Waals surface area contributed by atoms with Crippen molar-refractivity contribution in [2.45, 2.75) is 63.0 Å². The van der Waals surface area contributed by atoms with Crippen molar-refractivity contribution in [3.63, 3.8) is 0 Å². The van der Waals surface area contributed by atoms with Crippen molar-refractivity contribution in [1.29, 1.82) is 0 Å². The second-order valence-corrected chi connectivity index (χ2v) is 8.36. The first-order valence-electron chi connectivity index (χ1n) is 9.80.